The van der Waals surface area contributed by atoms with Crippen molar-refractivity contribution in [3.8, 4) is 11.5 Å². The maximum absolute atomic E-state index is 5.99. The molecule has 0 aliphatic carbocycles. The lowest BCUT2D eigenvalue weighted by molar-refractivity contribution is 0.469. The van der Waals surface area contributed by atoms with Gasteiger partial charge in [0.05, 0.1) is 12.1 Å². The van der Waals surface area contributed by atoms with Gasteiger partial charge in [0.15, 0.2) is 5.75 Å². The molecule has 1 aromatic carbocycles. The molecule has 0 radical (unpaired) electrons. The van der Waals surface area contributed by atoms with Crippen LogP contribution in [-0.4, -0.2) is 9.97 Å². The molecular weight excluding hydrogens is 284 g/mol. The van der Waals surface area contributed by atoms with Crippen LogP contribution >= 0.6 is 11.6 Å². The lowest BCUT2D eigenvalue weighted by Crippen LogP contribution is -2.02. The number of hydrogen-bond acceptors (Lipinski definition) is 3. The van der Waals surface area contributed by atoms with E-state index in [0.29, 0.717) is 17.5 Å². The quantitative estimate of drug-likeness (QED) is 0.707. The molecule has 2 aromatic rings. The highest BCUT2D eigenvalue weighted by Crippen LogP contribution is 2.28. The SMILES string of the molecule is CC(C)c1cccc(Oc2cnc(C(C)C)nc2CCl)c1. The molecule has 2 rings (SSSR count). The summed E-state index contributed by atoms with van der Waals surface area (Å²) in [7, 11) is 0. The first kappa shape index (κ1) is 15.8. The van der Waals surface area contributed by atoms with Gasteiger partial charge in [0.2, 0.25) is 0 Å². The van der Waals surface area contributed by atoms with Gasteiger partial charge in [0.1, 0.15) is 17.3 Å². The molecule has 0 N–H and O–H groups in total. The number of alkyl halides is 1. The standard InChI is InChI=1S/C17H21ClN2O/c1-11(2)13-6-5-7-14(8-13)21-16-10-19-17(12(3)4)20-15(16)9-18/h5-8,10-12H,9H2,1-4H3. The first-order valence-corrected chi connectivity index (χ1v) is 7.74. The number of benzene rings is 1. The second-order valence-electron chi connectivity index (χ2n) is 5.66. The number of nitrogens with zero attached hydrogens (tertiary/aromatic N) is 2. The molecule has 0 atom stereocenters. The van der Waals surface area contributed by atoms with Crippen molar-refractivity contribution in [1.29, 1.82) is 0 Å². The maximum Gasteiger partial charge on any atom is 0.168 e. The fourth-order valence-electron chi connectivity index (χ4n) is 1.94. The molecule has 0 aliphatic heterocycles. The molecule has 0 unspecified atom stereocenters. The molecule has 0 spiro atoms. The minimum absolute atomic E-state index is 0.269. The molecule has 0 saturated carbocycles. The Morgan fingerprint density at radius 2 is 1.90 bits per heavy atom. The Morgan fingerprint density at radius 1 is 1.14 bits per heavy atom. The molecule has 3 nitrogen and oxygen atoms in total. The zero-order chi connectivity index (χ0) is 15.4. The van der Waals surface area contributed by atoms with Crippen LogP contribution in [0.5, 0.6) is 11.5 Å². The van der Waals surface area contributed by atoms with E-state index >= 15 is 0 Å². The van der Waals surface area contributed by atoms with Gasteiger partial charge in [-0.25, -0.2) is 9.97 Å². The van der Waals surface area contributed by atoms with E-state index < -0.39 is 0 Å². The van der Waals surface area contributed by atoms with E-state index in [1.54, 1.807) is 6.20 Å². The van der Waals surface area contributed by atoms with Crippen LogP contribution in [0.15, 0.2) is 30.5 Å². The highest BCUT2D eigenvalue weighted by Gasteiger charge is 2.11. The van der Waals surface area contributed by atoms with Gasteiger partial charge in [0.25, 0.3) is 0 Å². The monoisotopic (exact) mass is 304 g/mol. The summed E-state index contributed by atoms with van der Waals surface area (Å²) in [4.78, 5) is 8.82. The predicted octanol–water partition coefficient (Wildman–Crippen LogP) is 5.25. The smallest absolute Gasteiger partial charge is 0.168 e. The van der Waals surface area contributed by atoms with Gasteiger partial charge < -0.3 is 4.74 Å². The van der Waals surface area contributed by atoms with Gasteiger partial charge in [-0.1, -0.05) is 39.8 Å². The van der Waals surface area contributed by atoms with E-state index in [2.05, 4.69) is 43.7 Å². The first-order valence-electron chi connectivity index (χ1n) is 7.20. The van der Waals surface area contributed by atoms with Crippen molar-refractivity contribution in [3.05, 3.63) is 47.5 Å². The van der Waals surface area contributed by atoms with Crippen molar-refractivity contribution >= 4 is 11.6 Å². The number of hydrogen-bond donors (Lipinski definition) is 0. The molecule has 0 saturated heterocycles. The van der Waals surface area contributed by atoms with Crippen molar-refractivity contribution in [1.82, 2.24) is 9.97 Å². The summed E-state index contributed by atoms with van der Waals surface area (Å²) in [6.45, 7) is 8.42. The third-order valence-corrected chi connectivity index (χ3v) is 3.50. The van der Waals surface area contributed by atoms with Crippen molar-refractivity contribution in [2.75, 3.05) is 0 Å². The first-order chi connectivity index (χ1) is 10.0. The fraction of sp³-hybridized carbons (Fsp3) is 0.412. The van der Waals surface area contributed by atoms with Crippen LogP contribution in [0.1, 0.15) is 56.6 Å². The van der Waals surface area contributed by atoms with Crippen LogP contribution < -0.4 is 4.74 Å². The molecule has 0 bridgehead atoms. The average Bonchev–Trinajstić information content (AvgIpc) is 2.47. The van der Waals surface area contributed by atoms with E-state index in [-0.39, 0.29) is 5.92 Å². The van der Waals surface area contributed by atoms with Gasteiger partial charge in [0, 0.05) is 5.92 Å². The molecule has 0 fully saturated rings. The zero-order valence-corrected chi connectivity index (χ0v) is 13.7. The molecular formula is C17H21ClN2O. The Hall–Kier alpha value is -1.61. The summed E-state index contributed by atoms with van der Waals surface area (Å²) >= 11 is 5.99. The van der Waals surface area contributed by atoms with Crippen molar-refractivity contribution < 1.29 is 4.74 Å². The minimum Gasteiger partial charge on any atom is -0.454 e. The van der Waals surface area contributed by atoms with Gasteiger partial charge >= 0.3 is 0 Å². The third kappa shape index (κ3) is 3.94. The Balaban J connectivity index is 2.28. The second-order valence-corrected chi connectivity index (χ2v) is 5.92. The molecule has 112 valence electrons. The summed E-state index contributed by atoms with van der Waals surface area (Å²) in [6.07, 6.45) is 1.71. The normalized spacial score (nSPS) is 11.2. The summed E-state index contributed by atoms with van der Waals surface area (Å²) < 4.78 is 5.92. The van der Waals surface area contributed by atoms with Gasteiger partial charge in [-0.2, -0.15) is 0 Å². The largest absolute Gasteiger partial charge is 0.454 e. The van der Waals surface area contributed by atoms with E-state index in [4.69, 9.17) is 16.3 Å². The minimum atomic E-state index is 0.269. The number of aromatic nitrogens is 2. The van der Waals surface area contributed by atoms with Gasteiger partial charge in [-0.3, -0.25) is 0 Å². The van der Waals surface area contributed by atoms with Crippen LogP contribution in [0.3, 0.4) is 0 Å². The fourth-order valence-corrected chi connectivity index (χ4v) is 2.14. The Morgan fingerprint density at radius 3 is 2.52 bits per heavy atom. The van der Waals surface area contributed by atoms with Crippen LogP contribution in [0.25, 0.3) is 0 Å². The van der Waals surface area contributed by atoms with E-state index in [1.807, 2.05) is 18.2 Å². The number of rotatable bonds is 5. The average molecular weight is 305 g/mol. The Kier molecular flexibility index (Phi) is 5.18. The van der Waals surface area contributed by atoms with Gasteiger partial charge in [-0.15, -0.1) is 11.6 Å². The predicted molar refractivity (Wildman–Crippen MR) is 86.3 cm³/mol. The summed E-state index contributed by atoms with van der Waals surface area (Å²) in [5.74, 6) is 3.23. The van der Waals surface area contributed by atoms with Crippen molar-refractivity contribution in [2.45, 2.75) is 45.4 Å². The summed E-state index contributed by atoms with van der Waals surface area (Å²) in [6, 6.07) is 8.06. The van der Waals surface area contributed by atoms with Crippen molar-refractivity contribution in [2.24, 2.45) is 0 Å². The lowest BCUT2D eigenvalue weighted by atomic mass is 10.0. The molecule has 4 heteroatoms. The lowest BCUT2D eigenvalue weighted by Gasteiger charge is -2.13. The number of ether oxygens (including phenoxy) is 1. The van der Waals surface area contributed by atoms with Gasteiger partial charge in [-0.05, 0) is 23.6 Å². The second kappa shape index (κ2) is 6.90. The molecule has 21 heavy (non-hydrogen) atoms. The van der Waals surface area contributed by atoms with Crippen LogP contribution in [0, 0.1) is 0 Å². The maximum atomic E-state index is 5.99. The Labute approximate surface area is 131 Å². The van der Waals surface area contributed by atoms with E-state index in [0.717, 1.165) is 17.3 Å². The highest BCUT2D eigenvalue weighted by molar-refractivity contribution is 6.17. The van der Waals surface area contributed by atoms with Crippen LogP contribution in [0.4, 0.5) is 0 Å². The summed E-state index contributed by atoms with van der Waals surface area (Å²) in [5, 5.41) is 0. The molecule has 1 aromatic heterocycles. The summed E-state index contributed by atoms with van der Waals surface area (Å²) in [5.41, 5.74) is 1.96. The molecule has 0 amide bonds. The number of halogens is 1. The highest BCUT2D eigenvalue weighted by atomic mass is 35.5. The van der Waals surface area contributed by atoms with Crippen molar-refractivity contribution in [3.63, 3.8) is 0 Å². The van der Waals surface area contributed by atoms with Crippen LogP contribution in [-0.2, 0) is 5.88 Å². The third-order valence-electron chi connectivity index (χ3n) is 3.24. The molecule has 0 aliphatic rings. The Bertz CT molecular complexity index is 611. The topological polar surface area (TPSA) is 35.0 Å². The van der Waals surface area contributed by atoms with E-state index in [9.17, 15) is 0 Å². The van der Waals surface area contributed by atoms with E-state index in [1.165, 1.54) is 5.56 Å². The molecule has 1 heterocycles. The zero-order valence-electron chi connectivity index (χ0n) is 12.9. The van der Waals surface area contributed by atoms with Crippen LogP contribution in [0.2, 0.25) is 0 Å².